The van der Waals surface area contributed by atoms with Gasteiger partial charge in [0.25, 0.3) is 5.22 Å². The van der Waals surface area contributed by atoms with Crippen LogP contribution in [0.2, 0.25) is 0 Å². The molecule has 1 amide bonds. The molecule has 1 aromatic carbocycles. The lowest BCUT2D eigenvalue weighted by molar-refractivity contribution is -0.122. The quantitative estimate of drug-likeness (QED) is 0.463. The van der Waals surface area contributed by atoms with Gasteiger partial charge in [0.15, 0.2) is 0 Å². The van der Waals surface area contributed by atoms with Crippen molar-refractivity contribution in [3.8, 4) is 0 Å². The normalized spacial score (nSPS) is 17.7. The molecule has 158 valence electrons. The molecule has 0 radical (unpaired) electrons. The summed E-state index contributed by atoms with van der Waals surface area (Å²) in [7, 11) is 0. The monoisotopic (exact) mass is 415 g/mol. The lowest BCUT2D eigenvalue weighted by Gasteiger charge is -2.22. The van der Waals surface area contributed by atoms with Crippen LogP contribution in [0.4, 0.5) is 0 Å². The van der Waals surface area contributed by atoms with Crippen LogP contribution in [-0.2, 0) is 11.2 Å². The molecule has 1 fully saturated rings. The molecule has 0 aliphatic heterocycles. The van der Waals surface area contributed by atoms with Gasteiger partial charge in [-0.05, 0) is 30.2 Å². The summed E-state index contributed by atoms with van der Waals surface area (Å²) in [6, 6.07) is 10.6. The number of hydrogen-bond acceptors (Lipinski definition) is 5. The minimum Gasteiger partial charge on any atom is -0.416 e. The second-order valence-electron chi connectivity index (χ2n) is 8.46. The van der Waals surface area contributed by atoms with Crippen molar-refractivity contribution < 1.29 is 9.21 Å². The summed E-state index contributed by atoms with van der Waals surface area (Å²) in [6.07, 6.45) is 7.83. The van der Waals surface area contributed by atoms with Crippen molar-refractivity contribution in [2.24, 2.45) is 5.92 Å². The number of carbonyl (C=O) groups excluding carboxylic acids is 1. The third-order valence-corrected chi connectivity index (χ3v) is 6.97. The molecule has 1 aliphatic rings. The molecule has 6 heteroatoms. The van der Waals surface area contributed by atoms with Gasteiger partial charge in [0, 0.05) is 12.5 Å². The van der Waals surface area contributed by atoms with Crippen LogP contribution >= 0.6 is 11.8 Å². The molecule has 2 aromatic rings. The van der Waals surface area contributed by atoms with Gasteiger partial charge in [-0.3, -0.25) is 4.79 Å². The Labute approximate surface area is 178 Å². The predicted octanol–water partition coefficient (Wildman–Crippen LogP) is 5.37. The molecule has 1 N–H and O–H groups in total. The number of nitrogens with zero attached hydrogens (tertiary/aromatic N) is 2. The van der Waals surface area contributed by atoms with Gasteiger partial charge in [-0.1, -0.05) is 88.5 Å². The van der Waals surface area contributed by atoms with Crippen molar-refractivity contribution in [3.05, 3.63) is 41.8 Å². The third-order valence-electron chi connectivity index (χ3n) is 5.59. The second-order valence-corrected chi connectivity index (χ2v) is 9.55. The van der Waals surface area contributed by atoms with Gasteiger partial charge < -0.3 is 9.73 Å². The molecule has 1 aliphatic carbocycles. The van der Waals surface area contributed by atoms with Crippen LogP contribution in [0.25, 0.3) is 0 Å². The van der Waals surface area contributed by atoms with Crippen molar-refractivity contribution in [3.63, 3.8) is 0 Å². The molecule has 1 aromatic heterocycles. The van der Waals surface area contributed by atoms with Crippen LogP contribution in [0.3, 0.4) is 0 Å². The van der Waals surface area contributed by atoms with E-state index in [1.54, 1.807) is 0 Å². The number of amides is 1. The van der Waals surface area contributed by atoms with Crippen LogP contribution in [0.15, 0.2) is 40.0 Å². The fourth-order valence-corrected chi connectivity index (χ4v) is 4.73. The van der Waals surface area contributed by atoms with Crippen LogP contribution in [0.5, 0.6) is 0 Å². The third kappa shape index (κ3) is 6.59. The Balaban J connectivity index is 1.58. The first-order valence-electron chi connectivity index (χ1n) is 10.9. The number of rotatable bonds is 8. The summed E-state index contributed by atoms with van der Waals surface area (Å²) in [5.41, 5.74) is 1.25. The van der Waals surface area contributed by atoms with E-state index < -0.39 is 0 Å². The molecule has 2 unspecified atom stereocenters. The maximum absolute atomic E-state index is 12.9. The topological polar surface area (TPSA) is 68.0 Å². The summed E-state index contributed by atoms with van der Waals surface area (Å²) >= 11 is 1.39. The minimum atomic E-state index is -0.224. The van der Waals surface area contributed by atoms with Crippen LogP contribution in [-0.4, -0.2) is 27.4 Å². The lowest BCUT2D eigenvalue weighted by atomic mass is 9.98. The van der Waals surface area contributed by atoms with Crippen LogP contribution < -0.4 is 5.32 Å². The fourth-order valence-electron chi connectivity index (χ4n) is 3.84. The Bertz CT molecular complexity index is 754. The van der Waals surface area contributed by atoms with E-state index in [9.17, 15) is 4.79 Å². The largest absolute Gasteiger partial charge is 0.416 e. The molecule has 29 heavy (non-hydrogen) atoms. The average molecular weight is 416 g/mol. The highest BCUT2D eigenvalue weighted by atomic mass is 32.2. The first kappa shape index (κ1) is 21.9. The van der Waals surface area contributed by atoms with E-state index in [-0.39, 0.29) is 17.1 Å². The van der Waals surface area contributed by atoms with Crippen molar-refractivity contribution in [2.45, 2.75) is 88.1 Å². The van der Waals surface area contributed by atoms with Gasteiger partial charge in [-0.2, -0.15) is 0 Å². The standard InChI is InChI=1S/C23H33N3O2S/c1-16(2)21(22(27)24-19-13-9-4-5-10-14-19)29-23-26-25-20(28-23)15-17(3)18-11-7-6-8-12-18/h6-8,11-12,16-17,19,21H,4-5,9-10,13-15H2,1-3H3,(H,24,27). The highest BCUT2D eigenvalue weighted by molar-refractivity contribution is 8.00. The first-order valence-corrected chi connectivity index (χ1v) is 11.7. The molecule has 0 bridgehead atoms. The highest BCUT2D eigenvalue weighted by Gasteiger charge is 2.28. The Hall–Kier alpha value is -1.82. The van der Waals surface area contributed by atoms with E-state index in [2.05, 4.69) is 48.4 Å². The molecule has 1 saturated carbocycles. The van der Waals surface area contributed by atoms with Gasteiger partial charge in [-0.25, -0.2) is 0 Å². The van der Waals surface area contributed by atoms with Gasteiger partial charge >= 0.3 is 0 Å². The smallest absolute Gasteiger partial charge is 0.277 e. The molecular formula is C23H33N3O2S. The average Bonchev–Trinajstić information content (AvgIpc) is 2.99. The number of hydrogen-bond donors (Lipinski definition) is 1. The van der Waals surface area contributed by atoms with E-state index in [0.717, 1.165) is 12.8 Å². The van der Waals surface area contributed by atoms with E-state index >= 15 is 0 Å². The van der Waals surface area contributed by atoms with Crippen molar-refractivity contribution >= 4 is 17.7 Å². The minimum absolute atomic E-state index is 0.0919. The maximum Gasteiger partial charge on any atom is 0.277 e. The number of aromatic nitrogens is 2. The molecule has 5 nitrogen and oxygen atoms in total. The number of benzene rings is 1. The zero-order chi connectivity index (χ0) is 20.6. The SMILES string of the molecule is CC(Cc1nnc(SC(C(=O)NC2CCCCCC2)C(C)C)o1)c1ccccc1. The lowest BCUT2D eigenvalue weighted by Crippen LogP contribution is -2.41. The summed E-state index contributed by atoms with van der Waals surface area (Å²) in [5.74, 6) is 1.20. The zero-order valence-corrected chi connectivity index (χ0v) is 18.6. The number of carbonyl (C=O) groups is 1. The molecule has 2 atom stereocenters. The Morgan fingerprint density at radius 1 is 1.10 bits per heavy atom. The predicted molar refractivity (Wildman–Crippen MR) is 117 cm³/mol. The van der Waals surface area contributed by atoms with Gasteiger partial charge in [0.05, 0.1) is 5.25 Å². The summed E-state index contributed by atoms with van der Waals surface area (Å²) in [4.78, 5) is 12.9. The molecule has 1 heterocycles. The second kappa shape index (κ2) is 10.8. The maximum atomic E-state index is 12.9. The van der Waals surface area contributed by atoms with Gasteiger partial charge in [0.1, 0.15) is 0 Å². The zero-order valence-electron chi connectivity index (χ0n) is 17.8. The van der Waals surface area contributed by atoms with Crippen LogP contribution in [0.1, 0.15) is 76.7 Å². The Kier molecular flexibility index (Phi) is 8.16. The van der Waals surface area contributed by atoms with Gasteiger partial charge in [-0.15, -0.1) is 10.2 Å². The molecule has 0 spiro atoms. The number of nitrogens with one attached hydrogen (secondary N) is 1. The van der Waals surface area contributed by atoms with E-state index in [1.807, 2.05) is 18.2 Å². The van der Waals surface area contributed by atoms with E-state index in [0.29, 0.717) is 29.5 Å². The Morgan fingerprint density at radius 2 is 1.79 bits per heavy atom. The van der Waals surface area contributed by atoms with E-state index in [1.165, 1.54) is 43.0 Å². The summed E-state index contributed by atoms with van der Waals surface area (Å²) in [6.45, 7) is 6.29. The Morgan fingerprint density at radius 3 is 2.45 bits per heavy atom. The number of thioether (sulfide) groups is 1. The van der Waals surface area contributed by atoms with E-state index in [4.69, 9.17) is 4.42 Å². The van der Waals surface area contributed by atoms with Crippen molar-refractivity contribution in [1.82, 2.24) is 15.5 Å². The van der Waals surface area contributed by atoms with Crippen LogP contribution in [0, 0.1) is 5.92 Å². The fraction of sp³-hybridized carbons (Fsp3) is 0.609. The van der Waals surface area contributed by atoms with Crippen molar-refractivity contribution in [2.75, 3.05) is 0 Å². The molecule has 3 rings (SSSR count). The summed E-state index contributed by atoms with van der Waals surface area (Å²) < 4.78 is 5.88. The molecular weight excluding hydrogens is 382 g/mol. The van der Waals surface area contributed by atoms with Crippen molar-refractivity contribution in [1.29, 1.82) is 0 Å². The summed E-state index contributed by atoms with van der Waals surface area (Å²) in [5, 5.41) is 11.9. The molecule has 0 saturated heterocycles. The first-order chi connectivity index (χ1) is 14.0. The van der Waals surface area contributed by atoms with Gasteiger partial charge in [0.2, 0.25) is 11.8 Å². The highest BCUT2D eigenvalue weighted by Crippen LogP contribution is 2.29.